The Morgan fingerprint density at radius 2 is 2.04 bits per heavy atom. The van der Waals surface area contributed by atoms with Gasteiger partial charge in [0.15, 0.2) is 5.13 Å². The molecule has 0 bridgehead atoms. The second kappa shape index (κ2) is 6.70. The summed E-state index contributed by atoms with van der Waals surface area (Å²) in [5.74, 6) is -0.539. The first-order chi connectivity index (χ1) is 11.4. The molecule has 124 valence electrons. The number of halogens is 2. The minimum Gasteiger partial charge on any atom is -0.300 e. The van der Waals surface area contributed by atoms with E-state index in [-0.39, 0.29) is 18.3 Å². The zero-order valence-electron chi connectivity index (χ0n) is 13.0. The van der Waals surface area contributed by atoms with E-state index in [4.69, 9.17) is 11.6 Å². The van der Waals surface area contributed by atoms with Gasteiger partial charge in [0.1, 0.15) is 12.4 Å². The van der Waals surface area contributed by atoms with E-state index in [0.717, 1.165) is 11.3 Å². The molecule has 0 saturated heterocycles. The molecule has 0 radical (unpaired) electrons. The molecule has 3 rings (SSSR count). The molecule has 0 saturated carbocycles. The number of hydrogen-bond acceptors (Lipinski definition) is 4. The number of aryl methyl sites for hydroxylation is 1. The topological polar surface area (TPSA) is 59.8 Å². The molecule has 5 nitrogen and oxygen atoms in total. The number of carbonyl (C=O) groups is 1. The number of carbonyl (C=O) groups excluding carboxylic acids is 1. The van der Waals surface area contributed by atoms with Crippen molar-refractivity contribution in [3.63, 3.8) is 0 Å². The third kappa shape index (κ3) is 3.47. The van der Waals surface area contributed by atoms with Crippen LogP contribution in [0.1, 0.15) is 11.4 Å². The number of anilines is 1. The van der Waals surface area contributed by atoms with E-state index in [2.05, 4.69) is 15.4 Å². The number of amides is 1. The van der Waals surface area contributed by atoms with Crippen LogP contribution in [0.3, 0.4) is 0 Å². The maximum absolute atomic E-state index is 13.0. The first-order valence-electron chi connectivity index (χ1n) is 7.15. The Kier molecular flexibility index (Phi) is 4.64. The lowest BCUT2D eigenvalue weighted by atomic mass is 10.2. The van der Waals surface area contributed by atoms with Crippen LogP contribution in [0.4, 0.5) is 9.52 Å². The molecule has 0 aliphatic rings. The molecular formula is C16H14ClFN4OS. The van der Waals surface area contributed by atoms with Crippen molar-refractivity contribution >= 4 is 34.0 Å². The Labute approximate surface area is 147 Å². The quantitative estimate of drug-likeness (QED) is 0.759. The standard InChI is InChI=1S/C16H14ClFN4OS/c1-9-15(17)10(2)22(21-9)7-14(23)20-16-19-13(8-24-16)11-3-5-12(18)6-4-11/h3-6,8H,7H2,1-2H3,(H,19,20,23). The molecular weight excluding hydrogens is 351 g/mol. The van der Waals surface area contributed by atoms with Crippen LogP contribution in [0.15, 0.2) is 29.6 Å². The van der Waals surface area contributed by atoms with E-state index in [0.29, 0.717) is 21.5 Å². The number of thiazole rings is 1. The maximum atomic E-state index is 13.0. The van der Waals surface area contributed by atoms with Gasteiger partial charge < -0.3 is 5.32 Å². The fraction of sp³-hybridized carbons (Fsp3) is 0.188. The predicted molar refractivity (Wildman–Crippen MR) is 92.8 cm³/mol. The van der Waals surface area contributed by atoms with E-state index >= 15 is 0 Å². The monoisotopic (exact) mass is 364 g/mol. The van der Waals surface area contributed by atoms with Crippen LogP contribution in [-0.4, -0.2) is 20.7 Å². The minimum absolute atomic E-state index is 0.0604. The van der Waals surface area contributed by atoms with E-state index in [9.17, 15) is 9.18 Å². The second-order valence-corrected chi connectivity index (χ2v) is 6.47. The molecule has 0 unspecified atom stereocenters. The average Bonchev–Trinajstić information content (AvgIpc) is 3.09. The summed E-state index contributed by atoms with van der Waals surface area (Å²) in [5.41, 5.74) is 2.91. The third-order valence-corrected chi connectivity index (χ3v) is 4.78. The van der Waals surface area contributed by atoms with Gasteiger partial charge in [0.05, 0.1) is 22.1 Å². The van der Waals surface area contributed by atoms with Gasteiger partial charge in [-0.2, -0.15) is 5.10 Å². The van der Waals surface area contributed by atoms with Gasteiger partial charge in [-0.05, 0) is 38.1 Å². The van der Waals surface area contributed by atoms with Crippen molar-refractivity contribution in [3.8, 4) is 11.3 Å². The Hall–Kier alpha value is -2.25. The summed E-state index contributed by atoms with van der Waals surface area (Å²) in [4.78, 5) is 16.5. The van der Waals surface area contributed by atoms with Crippen LogP contribution >= 0.6 is 22.9 Å². The average molecular weight is 365 g/mol. The molecule has 1 amide bonds. The fourth-order valence-corrected chi connectivity index (χ4v) is 3.08. The first-order valence-corrected chi connectivity index (χ1v) is 8.40. The van der Waals surface area contributed by atoms with Gasteiger partial charge in [-0.25, -0.2) is 9.37 Å². The summed E-state index contributed by atoms with van der Waals surface area (Å²) < 4.78 is 14.5. The van der Waals surface area contributed by atoms with Crippen LogP contribution in [0.25, 0.3) is 11.3 Å². The van der Waals surface area contributed by atoms with Gasteiger partial charge in [-0.1, -0.05) is 11.6 Å². The molecule has 1 N–H and O–H groups in total. The number of benzene rings is 1. The largest absolute Gasteiger partial charge is 0.300 e. The highest BCUT2D eigenvalue weighted by molar-refractivity contribution is 7.14. The van der Waals surface area contributed by atoms with E-state index in [1.807, 2.05) is 12.3 Å². The zero-order valence-corrected chi connectivity index (χ0v) is 14.6. The highest BCUT2D eigenvalue weighted by Gasteiger charge is 2.13. The summed E-state index contributed by atoms with van der Waals surface area (Å²) in [7, 11) is 0. The lowest BCUT2D eigenvalue weighted by Gasteiger charge is -2.04. The smallest absolute Gasteiger partial charge is 0.247 e. The van der Waals surface area contributed by atoms with Crippen molar-refractivity contribution in [2.24, 2.45) is 0 Å². The van der Waals surface area contributed by atoms with Crippen molar-refractivity contribution in [2.45, 2.75) is 20.4 Å². The van der Waals surface area contributed by atoms with Crippen molar-refractivity contribution in [1.82, 2.24) is 14.8 Å². The molecule has 0 aliphatic heterocycles. The Morgan fingerprint density at radius 1 is 1.33 bits per heavy atom. The number of hydrogen-bond donors (Lipinski definition) is 1. The van der Waals surface area contributed by atoms with Gasteiger partial charge in [0.2, 0.25) is 5.91 Å². The Balaban J connectivity index is 1.69. The highest BCUT2D eigenvalue weighted by Crippen LogP contribution is 2.25. The lowest BCUT2D eigenvalue weighted by Crippen LogP contribution is -2.20. The van der Waals surface area contributed by atoms with Crippen LogP contribution in [0.5, 0.6) is 0 Å². The number of aromatic nitrogens is 3. The van der Waals surface area contributed by atoms with Crippen molar-refractivity contribution in [3.05, 3.63) is 51.9 Å². The zero-order chi connectivity index (χ0) is 17.3. The maximum Gasteiger partial charge on any atom is 0.247 e. The molecule has 8 heteroatoms. The summed E-state index contributed by atoms with van der Waals surface area (Å²) >= 11 is 7.38. The van der Waals surface area contributed by atoms with Gasteiger partial charge >= 0.3 is 0 Å². The second-order valence-electron chi connectivity index (χ2n) is 5.24. The Morgan fingerprint density at radius 3 is 2.67 bits per heavy atom. The first kappa shape index (κ1) is 16.6. The van der Waals surface area contributed by atoms with E-state index in [1.165, 1.54) is 23.5 Å². The number of nitrogens with zero attached hydrogens (tertiary/aromatic N) is 3. The van der Waals surface area contributed by atoms with Crippen molar-refractivity contribution in [1.29, 1.82) is 0 Å². The van der Waals surface area contributed by atoms with Crippen molar-refractivity contribution in [2.75, 3.05) is 5.32 Å². The summed E-state index contributed by atoms with van der Waals surface area (Å²) in [6.45, 7) is 3.66. The lowest BCUT2D eigenvalue weighted by molar-refractivity contribution is -0.116. The SMILES string of the molecule is Cc1nn(CC(=O)Nc2nc(-c3ccc(F)cc3)cs2)c(C)c1Cl. The third-order valence-electron chi connectivity index (χ3n) is 3.48. The molecule has 1 aromatic carbocycles. The van der Waals surface area contributed by atoms with Gasteiger partial charge in [0.25, 0.3) is 0 Å². The van der Waals surface area contributed by atoms with Gasteiger partial charge in [-0.3, -0.25) is 9.48 Å². The van der Waals surface area contributed by atoms with Crippen LogP contribution in [0, 0.1) is 19.7 Å². The number of rotatable bonds is 4. The minimum atomic E-state index is -0.300. The molecule has 0 atom stereocenters. The van der Waals surface area contributed by atoms with E-state index in [1.54, 1.807) is 23.7 Å². The molecule has 2 aromatic heterocycles. The summed E-state index contributed by atoms with van der Waals surface area (Å²) in [6, 6.07) is 6.04. The van der Waals surface area contributed by atoms with Crippen molar-refractivity contribution < 1.29 is 9.18 Å². The number of nitrogens with one attached hydrogen (secondary N) is 1. The molecule has 3 aromatic rings. The predicted octanol–water partition coefficient (Wildman–Crippen LogP) is 4.05. The summed E-state index contributed by atoms with van der Waals surface area (Å²) in [6.07, 6.45) is 0. The van der Waals surface area contributed by atoms with Crippen LogP contribution in [0.2, 0.25) is 5.02 Å². The van der Waals surface area contributed by atoms with Gasteiger partial charge in [-0.15, -0.1) is 11.3 Å². The van der Waals surface area contributed by atoms with Gasteiger partial charge in [0, 0.05) is 10.9 Å². The normalized spacial score (nSPS) is 10.8. The fourth-order valence-electron chi connectivity index (χ4n) is 2.21. The van der Waals surface area contributed by atoms with E-state index < -0.39 is 0 Å². The molecule has 2 heterocycles. The summed E-state index contributed by atoms with van der Waals surface area (Å²) in [5, 5.41) is 9.81. The molecule has 0 fully saturated rings. The Bertz CT molecular complexity index is 888. The highest BCUT2D eigenvalue weighted by atomic mass is 35.5. The molecule has 0 spiro atoms. The molecule has 24 heavy (non-hydrogen) atoms. The van der Waals surface area contributed by atoms with Crippen LogP contribution in [-0.2, 0) is 11.3 Å². The van der Waals surface area contributed by atoms with Crippen LogP contribution < -0.4 is 5.32 Å². The molecule has 0 aliphatic carbocycles.